The first-order valence-electron chi connectivity index (χ1n) is 11.0. The van der Waals surface area contributed by atoms with Crippen LogP contribution in [0.2, 0.25) is 10.0 Å². The lowest BCUT2D eigenvalue weighted by molar-refractivity contribution is 0.215. The van der Waals surface area contributed by atoms with E-state index in [1.165, 1.54) is 46.1 Å². The Balaban J connectivity index is 1.32. The van der Waals surface area contributed by atoms with Crippen molar-refractivity contribution < 1.29 is 0 Å². The zero-order valence-corrected chi connectivity index (χ0v) is 19.0. The monoisotopic (exact) mass is 448 g/mol. The molecular formula is C27H26Cl2N2. The molecule has 2 nitrogen and oxygen atoms in total. The maximum absolute atomic E-state index is 6.36. The SMILES string of the molecule is Clc1ccc(CCN2CCC(c3c(-c4ccccc4)[nH]c4ccccc34)CC2)c(Cl)c1. The third kappa shape index (κ3) is 4.39. The van der Waals surface area contributed by atoms with Crippen LogP contribution in [0.1, 0.15) is 29.9 Å². The van der Waals surface area contributed by atoms with Gasteiger partial charge in [0.2, 0.25) is 0 Å². The lowest BCUT2D eigenvalue weighted by atomic mass is 9.86. The molecule has 1 N–H and O–H groups in total. The number of piperidine rings is 1. The summed E-state index contributed by atoms with van der Waals surface area (Å²) in [7, 11) is 0. The van der Waals surface area contributed by atoms with Crippen molar-refractivity contribution in [2.45, 2.75) is 25.2 Å². The molecule has 5 rings (SSSR count). The number of benzene rings is 3. The molecule has 3 aromatic carbocycles. The normalized spacial score (nSPS) is 15.5. The second kappa shape index (κ2) is 9.08. The number of aromatic amines is 1. The Morgan fingerprint density at radius 2 is 1.61 bits per heavy atom. The summed E-state index contributed by atoms with van der Waals surface area (Å²) in [6.45, 7) is 3.26. The van der Waals surface area contributed by atoms with Crippen molar-refractivity contribution in [3.8, 4) is 11.3 Å². The predicted molar refractivity (Wildman–Crippen MR) is 132 cm³/mol. The van der Waals surface area contributed by atoms with Crippen molar-refractivity contribution in [3.63, 3.8) is 0 Å². The highest BCUT2D eigenvalue weighted by Crippen LogP contribution is 2.40. The Hall–Kier alpha value is -2.26. The van der Waals surface area contributed by atoms with Gasteiger partial charge in [0.25, 0.3) is 0 Å². The Morgan fingerprint density at radius 1 is 0.871 bits per heavy atom. The van der Waals surface area contributed by atoms with Gasteiger partial charge in [-0.15, -0.1) is 0 Å². The van der Waals surface area contributed by atoms with Crippen molar-refractivity contribution in [1.82, 2.24) is 9.88 Å². The van der Waals surface area contributed by atoms with Gasteiger partial charge < -0.3 is 9.88 Å². The molecule has 1 fully saturated rings. The molecule has 0 aliphatic carbocycles. The molecule has 1 saturated heterocycles. The molecule has 0 saturated carbocycles. The van der Waals surface area contributed by atoms with E-state index < -0.39 is 0 Å². The second-order valence-corrected chi connectivity index (χ2v) is 9.27. The standard InChI is InChI=1S/C27H26Cl2N2/c28-22-11-10-19(24(29)18-22)12-15-31-16-13-20(14-17-31)26-23-8-4-5-9-25(23)30-27(26)21-6-2-1-3-7-21/h1-11,18,20,30H,12-17H2. The van der Waals surface area contributed by atoms with Gasteiger partial charge >= 0.3 is 0 Å². The van der Waals surface area contributed by atoms with Crippen LogP contribution in [-0.2, 0) is 6.42 Å². The summed E-state index contributed by atoms with van der Waals surface area (Å²) in [4.78, 5) is 6.28. The van der Waals surface area contributed by atoms with Crippen molar-refractivity contribution in [1.29, 1.82) is 0 Å². The van der Waals surface area contributed by atoms with E-state index in [-0.39, 0.29) is 0 Å². The lowest BCUT2D eigenvalue weighted by Gasteiger charge is -2.32. The zero-order chi connectivity index (χ0) is 21.2. The largest absolute Gasteiger partial charge is 0.354 e. The average molecular weight is 449 g/mol. The minimum absolute atomic E-state index is 0.571. The molecule has 0 atom stereocenters. The molecule has 1 aliphatic rings. The number of H-pyrrole nitrogens is 1. The quantitative estimate of drug-likeness (QED) is 0.333. The van der Waals surface area contributed by atoms with Gasteiger partial charge in [-0.25, -0.2) is 0 Å². The predicted octanol–water partition coefficient (Wildman–Crippen LogP) is 7.56. The number of likely N-dealkylation sites (tertiary alicyclic amines) is 1. The van der Waals surface area contributed by atoms with E-state index in [1.54, 1.807) is 0 Å². The molecular weight excluding hydrogens is 423 g/mol. The van der Waals surface area contributed by atoms with Crippen LogP contribution < -0.4 is 0 Å². The summed E-state index contributed by atoms with van der Waals surface area (Å²) >= 11 is 12.4. The topological polar surface area (TPSA) is 19.0 Å². The maximum atomic E-state index is 6.36. The average Bonchev–Trinajstić information content (AvgIpc) is 3.19. The van der Waals surface area contributed by atoms with Crippen molar-refractivity contribution in [2.24, 2.45) is 0 Å². The van der Waals surface area contributed by atoms with Gasteiger partial charge in [-0.05, 0) is 73.2 Å². The van der Waals surface area contributed by atoms with E-state index in [2.05, 4.69) is 70.5 Å². The molecule has 0 spiro atoms. The molecule has 4 aromatic rings. The third-order valence-corrected chi connectivity index (χ3v) is 7.10. The fourth-order valence-corrected chi connectivity index (χ4v) is 5.37. The van der Waals surface area contributed by atoms with Gasteiger partial charge in [-0.3, -0.25) is 0 Å². The number of nitrogens with zero attached hydrogens (tertiary/aromatic N) is 1. The Morgan fingerprint density at radius 3 is 2.39 bits per heavy atom. The van der Waals surface area contributed by atoms with Gasteiger partial charge in [0.15, 0.2) is 0 Å². The molecule has 1 aromatic heterocycles. The maximum Gasteiger partial charge on any atom is 0.0500 e. The van der Waals surface area contributed by atoms with Gasteiger partial charge in [-0.2, -0.15) is 0 Å². The Kier molecular flexibility index (Phi) is 6.04. The molecule has 0 unspecified atom stereocenters. The molecule has 1 aliphatic heterocycles. The van der Waals surface area contributed by atoms with Gasteiger partial charge in [0, 0.05) is 33.2 Å². The number of fused-ring (bicyclic) bond motifs is 1. The number of rotatable bonds is 5. The number of hydrogen-bond acceptors (Lipinski definition) is 1. The Labute approximate surface area is 193 Å². The first-order chi connectivity index (χ1) is 15.2. The van der Waals surface area contributed by atoms with E-state index >= 15 is 0 Å². The fraction of sp³-hybridized carbons (Fsp3) is 0.259. The highest BCUT2D eigenvalue weighted by Gasteiger charge is 2.26. The van der Waals surface area contributed by atoms with Gasteiger partial charge in [-0.1, -0.05) is 77.8 Å². The highest BCUT2D eigenvalue weighted by atomic mass is 35.5. The minimum atomic E-state index is 0.571. The van der Waals surface area contributed by atoms with Gasteiger partial charge in [0.05, 0.1) is 0 Å². The van der Waals surface area contributed by atoms with Gasteiger partial charge in [0.1, 0.15) is 0 Å². The summed E-state index contributed by atoms with van der Waals surface area (Å²) in [6, 6.07) is 25.3. The first kappa shape index (κ1) is 20.6. The number of hydrogen-bond donors (Lipinski definition) is 1. The number of nitrogens with one attached hydrogen (secondary N) is 1. The van der Waals surface area contributed by atoms with Crippen LogP contribution in [0.25, 0.3) is 22.2 Å². The summed E-state index contributed by atoms with van der Waals surface area (Å²) in [5.41, 5.74) is 6.45. The van der Waals surface area contributed by atoms with Crippen LogP contribution >= 0.6 is 23.2 Å². The molecule has 0 bridgehead atoms. The summed E-state index contributed by atoms with van der Waals surface area (Å²) in [5, 5.41) is 2.84. The smallest absolute Gasteiger partial charge is 0.0500 e. The van der Waals surface area contributed by atoms with Crippen LogP contribution in [0, 0.1) is 0 Å². The zero-order valence-electron chi connectivity index (χ0n) is 17.5. The number of para-hydroxylation sites is 1. The molecule has 4 heteroatoms. The second-order valence-electron chi connectivity index (χ2n) is 8.43. The summed E-state index contributed by atoms with van der Waals surface area (Å²) in [6.07, 6.45) is 3.31. The molecule has 0 radical (unpaired) electrons. The Bertz CT molecular complexity index is 1170. The van der Waals surface area contributed by atoms with E-state index in [0.29, 0.717) is 10.9 Å². The van der Waals surface area contributed by atoms with Crippen LogP contribution in [-0.4, -0.2) is 29.5 Å². The van der Waals surface area contributed by atoms with E-state index in [9.17, 15) is 0 Å². The first-order valence-corrected chi connectivity index (χ1v) is 11.8. The van der Waals surface area contributed by atoms with Crippen LogP contribution in [0.3, 0.4) is 0 Å². The number of halogens is 2. The fourth-order valence-electron chi connectivity index (χ4n) is 4.87. The van der Waals surface area contributed by atoms with Crippen molar-refractivity contribution in [2.75, 3.05) is 19.6 Å². The minimum Gasteiger partial charge on any atom is -0.354 e. The number of aromatic nitrogens is 1. The van der Waals surface area contributed by atoms with Crippen LogP contribution in [0.4, 0.5) is 0 Å². The van der Waals surface area contributed by atoms with E-state index in [0.717, 1.165) is 31.1 Å². The van der Waals surface area contributed by atoms with Crippen molar-refractivity contribution >= 4 is 34.1 Å². The van der Waals surface area contributed by atoms with Crippen LogP contribution in [0.5, 0.6) is 0 Å². The molecule has 158 valence electrons. The summed E-state index contributed by atoms with van der Waals surface area (Å²) in [5.74, 6) is 0.571. The third-order valence-electron chi connectivity index (χ3n) is 6.52. The highest BCUT2D eigenvalue weighted by molar-refractivity contribution is 6.35. The molecule has 0 amide bonds. The molecule has 2 heterocycles. The molecule has 31 heavy (non-hydrogen) atoms. The van der Waals surface area contributed by atoms with E-state index in [1.807, 2.05) is 12.1 Å². The van der Waals surface area contributed by atoms with Crippen molar-refractivity contribution in [3.05, 3.63) is 94.0 Å². The van der Waals surface area contributed by atoms with E-state index in [4.69, 9.17) is 23.2 Å². The summed E-state index contributed by atoms with van der Waals surface area (Å²) < 4.78 is 0. The van der Waals surface area contributed by atoms with Crippen LogP contribution in [0.15, 0.2) is 72.8 Å². The lowest BCUT2D eigenvalue weighted by Crippen LogP contribution is -2.34.